The number of ether oxygens (including phenoxy) is 1. The van der Waals surface area contributed by atoms with Gasteiger partial charge in [-0.05, 0) is 60.7 Å². The molecule has 0 atom stereocenters. The molecule has 0 unspecified atom stereocenters. The predicted molar refractivity (Wildman–Crippen MR) is 97.1 cm³/mol. The smallest absolute Gasteiger partial charge is 0.193 e. The van der Waals surface area contributed by atoms with Crippen LogP contribution in [0, 0.1) is 5.82 Å². The van der Waals surface area contributed by atoms with Gasteiger partial charge in [0.05, 0.1) is 0 Å². The maximum Gasteiger partial charge on any atom is 0.193 e. The second kappa shape index (κ2) is 7.68. The average Bonchev–Trinajstić information content (AvgIpc) is 2.62. The molecule has 3 aromatic rings. The minimum atomic E-state index is -0.376. The van der Waals surface area contributed by atoms with Gasteiger partial charge >= 0.3 is 0 Å². The van der Waals surface area contributed by atoms with Crippen molar-refractivity contribution in [1.29, 1.82) is 0 Å². The van der Waals surface area contributed by atoms with E-state index in [9.17, 15) is 9.18 Å². The van der Waals surface area contributed by atoms with Crippen LogP contribution in [0.1, 0.15) is 21.5 Å². The monoisotopic (exact) mass is 374 g/mol. The molecule has 0 spiro atoms. The first-order valence-corrected chi connectivity index (χ1v) is 8.26. The molecule has 0 aromatic heterocycles. The Kier molecular flexibility index (Phi) is 5.37. The van der Waals surface area contributed by atoms with Crippen molar-refractivity contribution in [2.75, 3.05) is 0 Å². The summed E-state index contributed by atoms with van der Waals surface area (Å²) in [6.07, 6.45) is 0. The minimum Gasteiger partial charge on any atom is -0.489 e. The molecule has 0 aliphatic carbocycles. The number of benzene rings is 3. The first-order chi connectivity index (χ1) is 12.0. The number of hydrogen-bond acceptors (Lipinski definition) is 2. The molecule has 0 saturated carbocycles. The fraction of sp³-hybridized carbons (Fsp3) is 0.0500. The average molecular weight is 375 g/mol. The standard InChI is InChI=1S/C20H13Cl2FO2/c21-18-2-1-3-19(22)17(18)12-25-16-10-6-14(7-11-16)20(24)13-4-8-15(23)9-5-13/h1-11H,12H2. The minimum absolute atomic E-state index is 0.180. The Morgan fingerprint density at radius 1 is 0.840 bits per heavy atom. The van der Waals surface area contributed by atoms with Crippen molar-refractivity contribution in [3.8, 4) is 5.75 Å². The Labute approximate surface area is 154 Å². The van der Waals surface area contributed by atoms with E-state index >= 15 is 0 Å². The summed E-state index contributed by atoms with van der Waals surface area (Å²) in [5.41, 5.74) is 1.63. The maximum atomic E-state index is 12.9. The van der Waals surface area contributed by atoms with Crippen molar-refractivity contribution in [2.24, 2.45) is 0 Å². The van der Waals surface area contributed by atoms with Gasteiger partial charge in [-0.1, -0.05) is 29.3 Å². The van der Waals surface area contributed by atoms with Gasteiger partial charge in [-0.15, -0.1) is 0 Å². The van der Waals surface area contributed by atoms with Crippen LogP contribution in [0.15, 0.2) is 66.7 Å². The quantitative estimate of drug-likeness (QED) is 0.516. The van der Waals surface area contributed by atoms with E-state index in [4.69, 9.17) is 27.9 Å². The molecule has 0 aliphatic heterocycles. The van der Waals surface area contributed by atoms with E-state index in [0.29, 0.717) is 32.5 Å². The number of ketones is 1. The fourth-order valence-corrected chi connectivity index (χ4v) is 2.80. The van der Waals surface area contributed by atoms with Crippen molar-refractivity contribution >= 4 is 29.0 Å². The number of rotatable bonds is 5. The highest BCUT2D eigenvalue weighted by molar-refractivity contribution is 6.35. The van der Waals surface area contributed by atoms with Crippen molar-refractivity contribution in [2.45, 2.75) is 6.61 Å². The number of halogens is 3. The van der Waals surface area contributed by atoms with E-state index in [2.05, 4.69) is 0 Å². The van der Waals surface area contributed by atoms with Crippen molar-refractivity contribution in [1.82, 2.24) is 0 Å². The van der Waals surface area contributed by atoms with E-state index in [1.807, 2.05) is 0 Å². The molecule has 0 aliphatic rings. The molecule has 0 amide bonds. The van der Waals surface area contributed by atoms with E-state index < -0.39 is 0 Å². The molecule has 0 heterocycles. The SMILES string of the molecule is O=C(c1ccc(F)cc1)c1ccc(OCc2c(Cl)cccc2Cl)cc1. The fourth-order valence-electron chi connectivity index (χ4n) is 2.30. The number of hydrogen-bond donors (Lipinski definition) is 0. The Bertz CT molecular complexity index is 870. The zero-order valence-electron chi connectivity index (χ0n) is 13.0. The molecule has 3 aromatic carbocycles. The van der Waals surface area contributed by atoms with Crippen LogP contribution in [0.4, 0.5) is 4.39 Å². The molecule has 5 heteroatoms. The molecule has 25 heavy (non-hydrogen) atoms. The molecule has 2 nitrogen and oxygen atoms in total. The first kappa shape index (κ1) is 17.5. The molecule has 0 bridgehead atoms. The van der Waals surface area contributed by atoms with Gasteiger partial charge in [0.15, 0.2) is 5.78 Å². The van der Waals surface area contributed by atoms with Crippen LogP contribution in [-0.2, 0) is 6.61 Å². The Hall–Kier alpha value is -2.36. The third-order valence-electron chi connectivity index (χ3n) is 3.67. The van der Waals surface area contributed by atoms with Crippen LogP contribution >= 0.6 is 23.2 Å². The topological polar surface area (TPSA) is 26.3 Å². The van der Waals surface area contributed by atoms with Gasteiger partial charge < -0.3 is 4.74 Å². The highest BCUT2D eigenvalue weighted by atomic mass is 35.5. The summed E-state index contributed by atoms with van der Waals surface area (Å²) in [4.78, 5) is 12.3. The molecule has 126 valence electrons. The van der Waals surface area contributed by atoms with Gasteiger partial charge in [0.1, 0.15) is 18.2 Å². The summed E-state index contributed by atoms with van der Waals surface area (Å²) in [6.45, 7) is 0.226. The second-order valence-corrected chi connectivity index (χ2v) is 6.16. The molecule has 0 N–H and O–H groups in total. The van der Waals surface area contributed by atoms with Crippen LogP contribution in [0.3, 0.4) is 0 Å². The number of carbonyl (C=O) groups excluding carboxylic acids is 1. The van der Waals surface area contributed by atoms with Crippen LogP contribution in [0.2, 0.25) is 10.0 Å². The summed E-state index contributed by atoms with van der Waals surface area (Å²) in [7, 11) is 0. The number of carbonyl (C=O) groups is 1. The predicted octanol–water partition coefficient (Wildman–Crippen LogP) is 5.94. The Morgan fingerprint density at radius 3 is 1.92 bits per heavy atom. The van der Waals surface area contributed by atoms with Crippen LogP contribution < -0.4 is 4.74 Å². The van der Waals surface area contributed by atoms with Crippen LogP contribution in [-0.4, -0.2) is 5.78 Å². The van der Waals surface area contributed by atoms with Crippen molar-refractivity contribution < 1.29 is 13.9 Å². The summed E-state index contributed by atoms with van der Waals surface area (Å²) in [6, 6.07) is 17.4. The van der Waals surface area contributed by atoms with E-state index in [-0.39, 0.29) is 18.2 Å². The summed E-state index contributed by atoms with van der Waals surface area (Å²) < 4.78 is 18.6. The van der Waals surface area contributed by atoms with Gasteiger partial charge in [-0.3, -0.25) is 4.79 Å². The molecule has 3 rings (SSSR count). The zero-order chi connectivity index (χ0) is 17.8. The molecule has 0 radical (unpaired) electrons. The van der Waals surface area contributed by atoms with E-state index in [1.54, 1.807) is 42.5 Å². The zero-order valence-corrected chi connectivity index (χ0v) is 14.5. The first-order valence-electron chi connectivity index (χ1n) is 7.50. The van der Waals surface area contributed by atoms with Crippen molar-refractivity contribution in [3.63, 3.8) is 0 Å². The third-order valence-corrected chi connectivity index (χ3v) is 4.38. The lowest BCUT2D eigenvalue weighted by atomic mass is 10.0. The Morgan fingerprint density at radius 2 is 1.36 bits per heavy atom. The maximum absolute atomic E-state index is 12.9. The lowest BCUT2D eigenvalue weighted by Gasteiger charge is -2.10. The van der Waals surface area contributed by atoms with E-state index in [0.717, 1.165) is 0 Å². The second-order valence-electron chi connectivity index (χ2n) is 5.35. The van der Waals surface area contributed by atoms with Gasteiger partial charge in [-0.25, -0.2) is 4.39 Å². The van der Waals surface area contributed by atoms with Gasteiger partial charge in [-0.2, -0.15) is 0 Å². The summed E-state index contributed by atoms with van der Waals surface area (Å²) >= 11 is 12.2. The normalized spacial score (nSPS) is 10.5. The molecular formula is C20H13Cl2FO2. The van der Waals surface area contributed by atoms with Crippen LogP contribution in [0.25, 0.3) is 0 Å². The molecular weight excluding hydrogens is 362 g/mol. The summed E-state index contributed by atoms with van der Waals surface area (Å²) in [5, 5.41) is 1.08. The Balaban J connectivity index is 1.70. The highest BCUT2D eigenvalue weighted by Crippen LogP contribution is 2.26. The largest absolute Gasteiger partial charge is 0.489 e. The van der Waals surface area contributed by atoms with E-state index in [1.165, 1.54) is 24.3 Å². The van der Waals surface area contributed by atoms with Gasteiger partial charge in [0, 0.05) is 26.7 Å². The lowest BCUT2D eigenvalue weighted by molar-refractivity contribution is 0.103. The van der Waals surface area contributed by atoms with Gasteiger partial charge in [0.25, 0.3) is 0 Å². The molecule has 0 saturated heterocycles. The third kappa shape index (κ3) is 4.19. The van der Waals surface area contributed by atoms with Crippen molar-refractivity contribution in [3.05, 3.63) is 99.3 Å². The van der Waals surface area contributed by atoms with Crippen LogP contribution in [0.5, 0.6) is 5.75 Å². The lowest BCUT2D eigenvalue weighted by Crippen LogP contribution is -2.02. The highest BCUT2D eigenvalue weighted by Gasteiger charge is 2.10. The van der Waals surface area contributed by atoms with Gasteiger partial charge in [0.2, 0.25) is 0 Å². The molecule has 0 fully saturated rings. The summed E-state index contributed by atoms with van der Waals surface area (Å²) in [5.74, 6) is 0.0332.